The van der Waals surface area contributed by atoms with E-state index >= 15 is 0 Å². The third-order valence-corrected chi connectivity index (χ3v) is 4.84. The molecule has 0 amide bonds. The third kappa shape index (κ3) is 2.74. The molecule has 0 bridgehead atoms. The van der Waals surface area contributed by atoms with Crippen LogP contribution in [0, 0.1) is 0 Å². The zero-order valence-electron chi connectivity index (χ0n) is 15.1. The molecule has 3 aromatic carbocycles. The first kappa shape index (κ1) is 17.5. The van der Waals surface area contributed by atoms with Gasteiger partial charge in [0, 0.05) is 5.39 Å². The minimum absolute atomic E-state index is 0.149. The molecule has 0 saturated heterocycles. The number of hydrogen-bond acceptors (Lipinski definition) is 6. The lowest BCUT2D eigenvalue weighted by atomic mass is 9.89. The van der Waals surface area contributed by atoms with Crippen LogP contribution in [0.4, 0.5) is 0 Å². The summed E-state index contributed by atoms with van der Waals surface area (Å²) in [7, 11) is 3.15. The molecule has 0 unspecified atom stereocenters. The van der Waals surface area contributed by atoms with Crippen LogP contribution in [0.5, 0.6) is 23.0 Å². The predicted octanol–water partition coefficient (Wildman–Crippen LogP) is 3.24. The average molecular weight is 368 g/mol. The number of rotatable bonds is 5. The van der Waals surface area contributed by atoms with Crippen molar-refractivity contribution in [3.05, 3.63) is 47.5 Å². The van der Waals surface area contributed by atoms with E-state index in [2.05, 4.69) is 0 Å². The van der Waals surface area contributed by atoms with Crippen molar-refractivity contribution >= 4 is 10.8 Å². The summed E-state index contributed by atoms with van der Waals surface area (Å²) in [6.07, 6.45) is 0. The van der Waals surface area contributed by atoms with E-state index in [0.717, 1.165) is 21.9 Å². The van der Waals surface area contributed by atoms with Crippen molar-refractivity contribution in [2.45, 2.75) is 13.2 Å². The third-order valence-electron chi connectivity index (χ3n) is 4.84. The minimum atomic E-state index is -0.222. The Morgan fingerprint density at radius 2 is 1.74 bits per heavy atom. The first-order valence-corrected chi connectivity index (χ1v) is 8.53. The molecule has 2 N–H and O–H groups in total. The Kier molecular flexibility index (Phi) is 4.51. The van der Waals surface area contributed by atoms with Gasteiger partial charge in [-0.1, -0.05) is 12.1 Å². The number of fused-ring (bicyclic) bond motifs is 3. The van der Waals surface area contributed by atoms with E-state index in [9.17, 15) is 10.2 Å². The van der Waals surface area contributed by atoms with E-state index in [0.29, 0.717) is 34.1 Å². The maximum Gasteiger partial charge on any atom is 0.231 e. The number of ether oxygens (including phenoxy) is 4. The summed E-state index contributed by atoms with van der Waals surface area (Å²) < 4.78 is 22.0. The highest BCUT2D eigenvalue weighted by atomic mass is 16.7. The Bertz CT molecular complexity index is 1010. The SMILES string of the molecule is COc1ccc(-c2c(CO)c(CO)cc3ccc4c(c23)OCO4)cc1OC. The molecule has 0 atom stereocenters. The molecule has 140 valence electrons. The van der Waals surface area contributed by atoms with E-state index < -0.39 is 0 Å². The van der Waals surface area contributed by atoms with Crippen molar-refractivity contribution in [2.24, 2.45) is 0 Å². The Labute approximate surface area is 156 Å². The minimum Gasteiger partial charge on any atom is -0.493 e. The Morgan fingerprint density at radius 1 is 0.926 bits per heavy atom. The highest BCUT2D eigenvalue weighted by molar-refractivity contribution is 6.05. The van der Waals surface area contributed by atoms with Crippen LogP contribution in [0.1, 0.15) is 11.1 Å². The van der Waals surface area contributed by atoms with Gasteiger partial charge in [0.25, 0.3) is 0 Å². The van der Waals surface area contributed by atoms with Gasteiger partial charge in [0.2, 0.25) is 6.79 Å². The normalized spacial score (nSPS) is 12.4. The van der Waals surface area contributed by atoms with Gasteiger partial charge in [-0.2, -0.15) is 0 Å². The summed E-state index contributed by atoms with van der Waals surface area (Å²) >= 11 is 0. The van der Waals surface area contributed by atoms with Crippen molar-refractivity contribution in [3.8, 4) is 34.1 Å². The standard InChI is InChI=1S/C21H20O6/c1-24-16-5-3-13(8-18(16)25-2)19-15(10-23)14(9-22)7-12-4-6-17-21(20(12)19)27-11-26-17/h3-8,22-23H,9-11H2,1-2H3. The summed E-state index contributed by atoms with van der Waals surface area (Å²) in [5.41, 5.74) is 2.90. The molecule has 0 spiro atoms. The van der Waals surface area contributed by atoms with Crippen molar-refractivity contribution in [1.82, 2.24) is 0 Å². The second-order valence-corrected chi connectivity index (χ2v) is 6.17. The second kappa shape index (κ2) is 6.98. The van der Waals surface area contributed by atoms with Gasteiger partial charge in [-0.05, 0) is 51.9 Å². The molecule has 1 aliphatic heterocycles. The second-order valence-electron chi connectivity index (χ2n) is 6.17. The molecule has 1 heterocycles. The van der Waals surface area contributed by atoms with Gasteiger partial charge in [0.05, 0.1) is 27.4 Å². The number of hydrogen-bond donors (Lipinski definition) is 2. The molecular weight excluding hydrogens is 348 g/mol. The van der Waals surface area contributed by atoms with Crippen molar-refractivity contribution in [3.63, 3.8) is 0 Å². The maximum atomic E-state index is 10.1. The molecule has 0 saturated carbocycles. The molecule has 1 aliphatic rings. The smallest absolute Gasteiger partial charge is 0.231 e. The quantitative estimate of drug-likeness (QED) is 0.720. The lowest BCUT2D eigenvalue weighted by molar-refractivity contribution is 0.175. The number of methoxy groups -OCH3 is 2. The van der Waals surface area contributed by atoms with E-state index in [-0.39, 0.29) is 20.0 Å². The van der Waals surface area contributed by atoms with E-state index in [1.807, 2.05) is 36.4 Å². The molecule has 4 rings (SSSR count). The molecule has 3 aromatic rings. The topological polar surface area (TPSA) is 77.4 Å². The van der Waals surface area contributed by atoms with Crippen LogP contribution in [-0.4, -0.2) is 31.2 Å². The van der Waals surface area contributed by atoms with Gasteiger partial charge < -0.3 is 29.2 Å². The highest BCUT2D eigenvalue weighted by Gasteiger charge is 2.24. The zero-order valence-corrected chi connectivity index (χ0v) is 15.1. The van der Waals surface area contributed by atoms with Gasteiger partial charge in [0.1, 0.15) is 0 Å². The molecule has 0 radical (unpaired) electrons. The summed E-state index contributed by atoms with van der Waals surface area (Å²) in [6, 6.07) is 11.2. The Balaban J connectivity index is 2.10. The van der Waals surface area contributed by atoms with Crippen LogP contribution in [0.2, 0.25) is 0 Å². The van der Waals surface area contributed by atoms with Crippen LogP contribution < -0.4 is 18.9 Å². The van der Waals surface area contributed by atoms with Gasteiger partial charge >= 0.3 is 0 Å². The van der Waals surface area contributed by atoms with Gasteiger partial charge in [-0.15, -0.1) is 0 Å². The van der Waals surface area contributed by atoms with Gasteiger partial charge in [-0.25, -0.2) is 0 Å². The van der Waals surface area contributed by atoms with Crippen LogP contribution in [0.3, 0.4) is 0 Å². The monoisotopic (exact) mass is 368 g/mol. The largest absolute Gasteiger partial charge is 0.493 e. The highest BCUT2D eigenvalue weighted by Crippen LogP contribution is 2.47. The molecule has 6 heteroatoms. The van der Waals surface area contributed by atoms with Crippen LogP contribution in [0.25, 0.3) is 21.9 Å². The van der Waals surface area contributed by atoms with Crippen molar-refractivity contribution in [1.29, 1.82) is 0 Å². The molecule has 0 aliphatic carbocycles. The molecule has 0 aromatic heterocycles. The molecular formula is C21H20O6. The van der Waals surface area contributed by atoms with Gasteiger partial charge in [-0.3, -0.25) is 0 Å². The number of benzene rings is 3. The predicted molar refractivity (Wildman–Crippen MR) is 100 cm³/mol. The molecule has 6 nitrogen and oxygen atoms in total. The summed E-state index contributed by atoms with van der Waals surface area (Å²) in [6.45, 7) is -0.253. The summed E-state index contributed by atoms with van der Waals surface area (Å²) in [5, 5.41) is 21.7. The van der Waals surface area contributed by atoms with E-state index in [4.69, 9.17) is 18.9 Å². The fourth-order valence-corrected chi connectivity index (χ4v) is 3.58. The molecule has 27 heavy (non-hydrogen) atoms. The van der Waals surface area contributed by atoms with E-state index in [1.165, 1.54) is 0 Å². The van der Waals surface area contributed by atoms with Gasteiger partial charge in [0.15, 0.2) is 23.0 Å². The average Bonchev–Trinajstić information content (AvgIpc) is 3.20. The number of aliphatic hydroxyl groups is 2. The summed E-state index contributed by atoms with van der Waals surface area (Å²) in [5.74, 6) is 2.48. The lowest BCUT2D eigenvalue weighted by Gasteiger charge is -2.18. The van der Waals surface area contributed by atoms with E-state index in [1.54, 1.807) is 14.2 Å². The first-order chi connectivity index (χ1) is 13.2. The van der Waals surface area contributed by atoms with Crippen molar-refractivity contribution in [2.75, 3.05) is 21.0 Å². The fourth-order valence-electron chi connectivity index (χ4n) is 3.58. The van der Waals surface area contributed by atoms with Crippen LogP contribution in [-0.2, 0) is 13.2 Å². The summed E-state index contributed by atoms with van der Waals surface area (Å²) in [4.78, 5) is 0. The Morgan fingerprint density at radius 3 is 2.44 bits per heavy atom. The van der Waals surface area contributed by atoms with Crippen LogP contribution in [0.15, 0.2) is 36.4 Å². The van der Waals surface area contributed by atoms with Crippen LogP contribution >= 0.6 is 0 Å². The fraction of sp³-hybridized carbons (Fsp3) is 0.238. The van der Waals surface area contributed by atoms with Crippen molar-refractivity contribution < 1.29 is 29.2 Å². The molecule has 0 fully saturated rings. The lowest BCUT2D eigenvalue weighted by Crippen LogP contribution is -2.01. The maximum absolute atomic E-state index is 10.1. The number of aliphatic hydroxyl groups excluding tert-OH is 2. The first-order valence-electron chi connectivity index (χ1n) is 8.53. The Hall–Kier alpha value is -2.96. The zero-order chi connectivity index (χ0) is 19.0.